The zero-order chi connectivity index (χ0) is 16.5. The number of hydrogen-bond acceptors (Lipinski definition) is 7. The van der Waals surface area contributed by atoms with Gasteiger partial charge in [0.15, 0.2) is 17.2 Å². The molecule has 9 nitrogen and oxygen atoms in total. The molecule has 0 atom stereocenters. The number of hydrogen-bond donors (Lipinski definition) is 1. The van der Waals surface area contributed by atoms with Gasteiger partial charge in [-0.1, -0.05) is 5.16 Å². The third-order valence-corrected chi connectivity index (χ3v) is 4.08. The summed E-state index contributed by atoms with van der Waals surface area (Å²) in [4.78, 5) is 12.4. The first-order valence-electron chi connectivity index (χ1n) is 7.77. The molecule has 124 valence electrons. The van der Waals surface area contributed by atoms with Crippen molar-refractivity contribution in [3.8, 4) is 5.88 Å². The first-order chi connectivity index (χ1) is 11.8. The van der Waals surface area contributed by atoms with Gasteiger partial charge in [-0.05, 0) is 25.3 Å². The lowest BCUT2D eigenvalue weighted by Crippen LogP contribution is -2.26. The fourth-order valence-electron chi connectivity index (χ4n) is 2.84. The Bertz CT molecular complexity index is 900. The zero-order valence-electron chi connectivity index (χ0n) is 13.2. The number of fused-ring (bicyclic) bond motifs is 2. The molecule has 3 heterocycles. The Labute approximate surface area is 137 Å². The van der Waals surface area contributed by atoms with Crippen LogP contribution in [0.25, 0.3) is 5.65 Å². The minimum atomic E-state index is -0.276. The van der Waals surface area contributed by atoms with Gasteiger partial charge in [0.1, 0.15) is 5.76 Å². The monoisotopic (exact) mass is 328 g/mol. The molecule has 3 aromatic heterocycles. The van der Waals surface area contributed by atoms with E-state index in [4.69, 9.17) is 9.26 Å². The van der Waals surface area contributed by atoms with Crippen molar-refractivity contribution in [3.05, 3.63) is 35.0 Å². The first kappa shape index (κ1) is 14.6. The number of carbonyl (C=O) groups excluding carboxylic acids is 1. The Hall–Kier alpha value is -2.97. The lowest BCUT2D eigenvalue weighted by molar-refractivity contribution is 0.0939. The summed E-state index contributed by atoms with van der Waals surface area (Å²) in [5, 5.41) is 19.0. The summed E-state index contributed by atoms with van der Waals surface area (Å²) >= 11 is 0. The van der Waals surface area contributed by atoms with Gasteiger partial charge in [0, 0.05) is 18.1 Å². The minimum absolute atomic E-state index is 0.182. The summed E-state index contributed by atoms with van der Waals surface area (Å²) < 4.78 is 11.9. The fourth-order valence-corrected chi connectivity index (χ4v) is 2.84. The molecule has 0 saturated carbocycles. The third kappa shape index (κ3) is 2.47. The summed E-state index contributed by atoms with van der Waals surface area (Å²) in [6.07, 6.45) is 3.79. The number of aromatic nitrogens is 5. The Morgan fingerprint density at radius 2 is 2.21 bits per heavy atom. The molecule has 1 amide bonds. The molecule has 0 aromatic carbocycles. The summed E-state index contributed by atoms with van der Waals surface area (Å²) in [7, 11) is 1.54. The topological polar surface area (TPSA) is 107 Å². The van der Waals surface area contributed by atoms with Crippen molar-refractivity contribution in [2.24, 2.45) is 0 Å². The van der Waals surface area contributed by atoms with Gasteiger partial charge in [-0.3, -0.25) is 4.79 Å². The molecule has 1 aliphatic carbocycles. The van der Waals surface area contributed by atoms with E-state index in [0.29, 0.717) is 23.0 Å². The number of aryl methyl sites for hydroxylation is 1. The maximum absolute atomic E-state index is 12.4. The van der Waals surface area contributed by atoms with Crippen LogP contribution < -0.4 is 10.1 Å². The summed E-state index contributed by atoms with van der Waals surface area (Å²) in [5.41, 5.74) is 1.87. The molecule has 0 aliphatic heterocycles. The number of methoxy groups -OCH3 is 1. The van der Waals surface area contributed by atoms with E-state index in [1.165, 1.54) is 11.6 Å². The predicted octanol–water partition coefficient (Wildman–Crippen LogP) is 0.930. The highest BCUT2D eigenvalue weighted by Crippen LogP contribution is 2.24. The largest absolute Gasteiger partial charge is 0.480 e. The minimum Gasteiger partial charge on any atom is -0.480 e. The van der Waals surface area contributed by atoms with E-state index in [9.17, 15) is 4.79 Å². The van der Waals surface area contributed by atoms with Crippen LogP contribution in [0.5, 0.6) is 5.88 Å². The van der Waals surface area contributed by atoms with Crippen LogP contribution in [-0.2, 0) is 19.4 Å². The van der Waals surface area contributed by atoms with Gasteiger partial charge in [-0.2, -0.15) is 4.52 Å². The summed E-state index contributed by atoms with van der Waals surface area (Å²) in [6, 6.07) is 3.45. The number of rotatable bonds is 4. The van der Waals surface area contributed by atoms with Crippen LogP contribution in [0.1, 0.15) is 40.5 Å². The van der Waals surface area contributed by atoms with Crippen LogP contribution in [0, 0.1) is 0 Å². The van der Waals surface area contributed by atoms with Gasteiger partial charge in [-0.15, -0.1) is 15.3 Å². The normalized spacial score (nSPS) is 13.7. The molecule has 9 heteroatoms. The molecule has 3 aromatic rings. The van der Waals surface area contributed by atoms with Crippen molar-refractivity contribution >= 4 is 11.6 Å². The van der Waals surface area contributed by atoms with E-state index in [1.807, 2.05) is 0 Å². The lowest BCUT2D eigenvalue weighted by atomic mass is 9.96. The highest BCUT2D eigenvalue weighted by Gasteiger charge is 2.24. The van der Waals surface area contributed by atoms with E-state index in [1.54, 1.807) is 12.1 Å². The van der Waals surface area contributed by atoms with E-state index in [-0.39, 0.29) is 12.5 Å². The Balaban J connectivity index is 1.52. The average Bonchev–Trinajstić information content (AvgIpc) is 3.23. The molecule has 1 N–H and O–H groups in total. The molecular formula is C15H16N6O3. The first-order valence-corrected chi connectivity index (χ1v) is 7.77. The number of amides is 1. The summed E-state index contributed by atoms with van der Waals surface area (Å²) in [6.45, 7) is 0.182. The Morgan fingerprint density at radius 3 is 3.08 bits per heavy atom. The molecule has 0 fully saturated rings. The predicted molar refractivity (Wildman–Crippen MR) is 81.6 cm³/mol. The van der Waals surface area contributed by atoms with Crippen molar-refractivity contribution < 1.29 is 14.1 Å². The van der Waals surface area contributed by atoms with Gasteiger partial charge in [0.25, 0.3) is 5.91 Å². The van der Waals surface area contributed by atoms with Crippen molar-refractivity contribution in [1.82, 2.24) is 30.3 Å². The second-order valence-corrected chi connectivity index (χ2v) is 5.58. The highest BCUT2D eigenvalue weighted by molar-refractivity contribution is 5.93. The molecule has 0 bridgehead atoms. The Kier molecular flexibility index (Phi) is 3.60. The van der Waals surface area contributed by atoms with Gasteiger partial charge in [0.05, 0.1) is 13.7 Å². The second kappa shape index (κ2) is 5.91. The number of carbonyl (C=O) groups is 1. The van der Waals surface area contributed by atoms with Crippen LogP contribution >= 0.6 is 0 Å². The van der Waals surface area contributed by atoms with Crippen molar-refractivity contribution in [1.29, 1.82) is 0 Å². The number of nitrogens with zero attached hydrogens (tertiary/aromatic N) is 5. The van der Waals surface area contributed by atoms with Gasteiger partial charge < -0.3 is 14.6 Å². The van der Waals surface area contributed by atoms with E-state index in [2.05, 4.69) is 25.8 Å². The second-order valence-electron chi connectivity index (χ2n) is 5.58. The van der Waals surface area contributed by atoms with Crippen LogP contribution in [0.4, 0.5) is 0 Å². The third-order valence-electron chi connectivity index (χ3n) is 4.08. The molecular weight excluding hydrogens is 312 g/mol. The quantitative estimate of drug-likeness (QED) is 0.759. The standard InChI is InChI=1S/C15H16N6O3/c1-23-13-7-6-11-17-18-12(21(11)19-13)8-16-15(22)14-9-4-2-3-5-10(9)24-20-14/h6-7H,2-5,8H2,1H3,(H,16,22). The van der Waals surface area contributed by atoms with Crippen LogP contribution in [0.2, 0.25) is 0 Å². The van der Waals surface area contributed by atoms with Gasteiger partial charge in [0.2, 0.25) is 5.88 Å². The number of nitrogens with one attached hydrogen (secondary N) is 1. The maximum Gasteiger partial charge on any atom is 0.274 e. The molecule has 0 radical (unpaired) electrons. The molecule has 4 rings (SSSR count). The van der Waals surface area contributed by atoms with Gasteiger partial charge >= 0.3 is 0 Å². The van der Waals surface area contributed by atoms with Crippen molar-refractivity contribution in [3.63, 3.8) is 0 Å². The van der Waals surface area contributed by atoms with Crippen molar-refractivity contribution in [2.75, 3.05) is 7.11 Å². The van der Waals surface area contributed by atoms with Gasteiger partial charge in [-0.25, -0.2) is 0 Å². The molecule has 1 aliphatic rings. The van der Waals surface area contributed by atoms with Crippen LogP contribution in [-0.4, -0.2) is 38.0 Å². The SMILES string of the molecule is COc1ccc2nnc(CNC(=O)c3noc4c3CCCC4)n2n1. The molecule has 24 heavy (non-hydrogen) atoms. The lowest BCUT2D eigenvalue weighted by Gasteiger charge is -2.09. The fraction of sp³-hybridized carbons (Fsp3) is 0.400. The smallest absolute Gasteiger partial charge is 0.274 e. The average molecular weight is 328 g/mol. The zero-order valence-corrected chi connectivity index (χ0v) is 13.2. The Morgan fingerprint density at radius 1 is 1.33 bits per heavy atom. The molecule has 0 saturated heterocycles. The van der Waals surface area contributed by atoms with Crippen LogP contribution in [0.15, 0.2) is 16.7 Å². The van der Waals surface area contributed by atoms with Crippen LogP contribution in [0.3, 0.4) is 0 Å². The summed E-state index contributed by atoms with van der Waals surface area (Å²) in [5.74, 6) is 1.50. The number of ether oxygens (including phenoxy) is 1. The maximum atomic E-state index is 12.4. The van der Waals surface area contributed by atoms with E-state index >= 15 is 0 Å². The highest BCUT2D eigenvalue weighted by atomic mass is 16.5. The molecule has 0 unspecified atom stereocenters. The van der Waals surface area contributed by atoms with E-state index < -0.39 is 0 Å². The van der Waals surface area contributed by atoms with Crippen molar-refractivity contribution in [2.45, 2.75) is 32.2 Å². The molecule has 0 spiro atoms. The van der Waals surface area contributed by atoms with E-state index in [0.717, 1.165) is 37.0 Å².